The highest BCUT2D eigenvalue weighted by Gasteiger charge is 2.01. The van der Waals surface area contributed by atoms with Crippen LogP contribution in [0.15, 0.2) is 45.6 Å². The summed E-state index contributed by atoms with van der Waals surface area (Å²) < 4.78 is 2.18. The predicted molar refractivity (Wildman–Crippen MR) is 101 cm³/mol. The van der Waals surface area contributed by atoms with Crippen LogP contribution in [0.4, 0.5) is 5.95 Å². The normalized spacial score (nSPS) is 11.0. The molecule has 0 bridgehead atoms. The molecule has 0 unspecified atom stereocenters. The number of halogens is 2. The van der Waals surface area contributed by atoms with Crippen molar-refractivity contribution in [2.24, 2.45) is 0 Å². The highest BCUT2D eigenvalue weighted by Crippen LogP contribution is 2.19. The number of nitrogens with one attached hydrogen (secondary N) is 3. The zero-order valence-corrected chi connectivity index (χ0v) is 15.6. The van der Waals surface area contributed by atoms with E-state index in [0.29, 0.717) is 0 Å². The molecule has 0 spiro atoms. The van der Waals surface area contributed by atoms with Gasteiger partial charge < -0.3 is 15.6 Å². The van der Waals surface area contributed by atoms with E-state index in [1.165, 1.54) is 5.56 Å². The van der Waals surface area contributed by atoms with Crippen LogP contribution in [0.25, 0.3) is 11.0 Å². The lowest BCUT2D eigenvalue weighted by atomic mass is 10.2. The number of H-pyrrole nitrogens is 1. The van der Waals surface area contributed by atoms with Crippen molar-refractivity contribution in [1.29, 1.82) is 0 Å². The van der Waals surface area contributed by atoms with E-state index in [2.05, 4.69) is 69.6 Å². The molecule has 3 N–H and O–H groups in total. The first-order valence-electron chi connectivity index (χ1n) is 7.40. The van der Waals surface area contributed by atoms with Gasteiger partial charge in [0.25, 0.3) is 0 Å². The van der Waals surface area contributed by atoms with Crippen LogP contribution in [-0.2, 0) is 6.54 Å². The van der Waals surface area contributed by atoms with Crippen LogP contribution < -0.4 is 10.6 Å². The Labute approximate surface area is 151 Å². The number of hydrogen-bond acceptors (Lipinski definition) is 4. The minimum Gasteiger partial charge on any atom is -0.356 e. The Morgan fingerprint density at radius 2 is 1.91 bits per heavy atom. The van der Waals surface area contributed by atoms with Crippen molar-refractivity contribution in [3.63, 3.8) is 0 Å². The van der Waals surface area contributed by atoms with Crippen molar-refractivity contribution in [3.05, 3.63) is 51.2 Å². The largest absolute Gasteiger partial charge is 0.356 e. The van der Waals surface area contributed by atoms with E-state index in [9.17, 15) is 0 Å². The number of aromatic nitrogens is 3. The molecule has 0 radical (unpaired) electrons. The Bertz CT molecular complexity index is 734. The van der Waals surface area contributed by atoms with Gasteiger partial charge in [0.1, 0.15) is 5.52 Å². The number of hydrogen-bond donors (Lipinski definition) is 3. The fourth-order valence-corrected chi connectivity index (χ4v) is 3.70. The van der Waals surface area contributed by atoms with Crippen molar-refractivity contribution in [2.75, 3.05) is 18.4 Å². The molecule has 0 aliphatic carbocycles. The summed E-state index contributed by atoms with van der Waals surface area (Å²) in [5, 5.41) is 6.75. The fourth-order valence-electron chi connectivity index (χ4n) is 2.31. The topological polar surface area (TPSA) is 65.6 Å². The third-order valence-corrected chi connectivity index (χ3v) is 4.28. The van der Waals surface area contributed by atoms with Crippen LogP contribution in [0.5, 0.6) is 0 Å². The summed E-state index contributed by atoms with van der Waals surface area (Å²) in [7, 11) is 0. The van der Waals surface area contributed by atoms with E-state index in [1.54, 1.807) is 12.4 Å². The summed E-state index contributed by atoms with van der Waals surface area (Å²) in [4.78, 5) is 11.7. The maximum absolute atomic E-state index is 4.44. The average Bonchev–Trinajstić information content (AvgIpc) is 2.92. The number of benzene rings is 1. The first-order chi connectivity index (χ1) is 11.2. The van der Waals surface area contributed by atoms with Gasteiger partial charge in [0.15, 0.2) is 0 Å². The number of imidazole rings is 1. The first-order valence-corrected chi connectivity index (χ1v) is 8.98. The van der Waals surface area contributed by atoms with Crippen molar-refractivity contribution in [1.82, 2.24) is 20.3 Å². The van der Waals surface area contributed by atoms with Crippen molar-refractivity contribution >= 4 is 48.8 Å². The minimum atomic E-state index is 0.795. The maximum Gasteiger partial charge on any atom is 0.201 e. The fraction of sp³-hybridized carbons (Fsp3) is 0.250. The van der Waals surface area contributed by atoms with Crippen molar-refractivity contribution in [3.8, 4) is 0 Å². The zero-order chi connectivity index (χ0) is 16.1. The van der Waals surface area contributed by atoms with E-state index < -0.39 is 0 Å². The van der Waals surface area contributed by atoms with Crippen LogP contribution in [0.3, 0.4) is 0 Å². The van der Waals surface area contributed by atoms with Crippen LogP contribution in [0.1, 0.15) is 12.0 Å². The van der Waals surface area contributed by atoms with Gasteiger partial charge in [-0.3, -0.25) is 4.98 Å². The Balaban J connectivity index is 1.38. The van der Waals surface area contributed by atoms with Gasteiger partial charge in [-0.15, -0.1) is 0 Å². The second kappa shape index (κ2) is 7.90. The molecular formula is C16H17Br2N5. The molecule has 0 fully saturated rings. The van der Waals surface area contributed by atoms with E-state index >= 15 is 0 Å². The molecule has 0 saturated heterocycles. The SMILES string of the molecule is Brc1cc(Br)cc(CNCCCNc2nc3cnccc3[nH]2)c1. The van der Waals surface area contributed by atoms with Gasteiger partial charge in [-0.2, -0.15) is 0 Å². The van der Waals surface area contributed by atoms with Gasteiger partial charge >= 0.3 is 0 Å². The Morgan fingerprint density at radius 3 is 2.70 bits per heavy atom. The summed E-state index contributed by atoms with van der Waals surface area (Å²) in [6.45, 7) is 2.66. The molecular weight excluding hydrogens is 422 g/mol. The lowest BCUT2D eigenvalue weighted by molar-refractivity contribution is 0.662. The molecule has 0 aliphatic heterocycles. The molecule has 3 rings (SSSR count). The van der Waals surface area contributed by atoms with Gasteiger partial charge in [-0.05, 0) is 42.8 Å². The molecule has 7 heteroatoms. The van der Waals surface area contributed by atoms with Crippen LogP contribution >= 0.6 is 31.9 Å². The standard InChI is InChI=1S/C16H17Br2N5/c17-12-6-11(7-13(18)8-12)9-19-3-1-4-21-16-22-14-2-5-20-10-15(14)23-16/h2,5-8,10,19H,1,3-4,9H2,(H2,21,22,23). The summed E-state index contributed by atoms with van der Waals surface area (Å²) in [6, 6.07) is 8.21. The van der Waals surface area contributed by atoms with Crippen LogP contribution in [0.2, 0.25) is 0 Å². The molecule has 5 nitrogen and oxygen atoms in total. The van der Waals surface area contributed by atoms with Crippen LogP contribution in [0, 0.1) is 0 Å². The van der Waals surface area contributed by atoms with Crippen molar-refractivity contribution < 1.29 is 0 Å². The third kappa shape index (κ3) is 4.76. The van der Waals surface area contributed by atoms with Crippen LogP contribution in [-0.4, -0.2) is 28.0 Å². The molecule has 3 aromatic rings. The highest BCUT2D eigenvalue weighted by atomic mass is 79.9. The number of aromatic amines is 1. The summed E-state index contributed by atoms with van der Waals surface area (Å²) in [5.41, 5.74) is 3.14. The number of nitrogens with zero attached hydrogens (tertiary/aromatic N) is 2. The molecule has 0 saturated carbocycles. The lowest BCUT2D eigenvalue weighted by Gasteiger charge is -2.07. The van der Waals surface area contributed by atoms with E-state index in [1.807, 2.05) is 12.1 Å². The van der Waals surface area contributed by atoms with Crippen molar-refractivity contribution in [2.45, 2.75) is 13.0 Å². The second-order valence-electron chi connectivity index (χ2n) is 5.21. The summed E-state index contributed by atoms with van der Waals surface area (Å²) in [5.74, 6) is 0.795. The number of anilines is 1. The molecule has 120 valence electrons. The van der Waals surface area contributed by atoms with Gasteiger partial charge in [-0.1, -0.05) is 31.9 Å². The summed E-state index contributed by atoms with van der Waals surface area (Å²) >= 11 is 7.01. The molecule has 1 aromatic carbocycles. The molecule has 0 aliphatic rings. The smallest absolute Gasteiger partial charge is 0.201 e. The molecule has 2 heterocycles. The molecule has 0 atom stereocenters. The average molecular weight is 439 g/mol. The lowest BCUT2D eigenvalue weighted by Crippen LogP contribution is -2.17. The highest BCUT2D eigenvalue weighted by molar-refractivity contribution is 9.11. The maximum atomic E-state index is 4.44. The number of rotatable bonds is 7. The molecule has 2 aromatic heterocycles. The number of fused-ring (bicyclic) bond motifs is 1. The summed E-state index contributed by atoms with van der Waals surface area (Å²) in [6.07, 6.45) is 4.54. The number of pyridine rings is 1. The van der Waals surface area contributed by atoms with Gasteiger partial charge in [0.2, 0.25) is 5.95 Å². The van der Waals surface area contributed by atoms with E-state index in [-0.39, 0.29) is 0 Å². The minimum absolute atomic E-state index is 0.795. The van der Waals surface area contributed by atoms with Gasteiger partial charge in [0.05, 0.1) is 11.7 Å². The second-order valence-corrected chi connectivity index (χ2v) is 7.04. The Kier molecular flexibility index (Phi) is 5.64. The first kappa shape index (κ1) is 16.4. The Hall–Kier alpha value is -1.44. The van der Waals surface area contributed by atoms with E-state index in [0.717, 1.165) is 52.0 Å². The van der Waals surface area contributed by atoms with Gasteiger partial charge in [0, 0.05) is 28.2 Å². The quantitative estimate of drug-likeness (QED) is 0.486. The monoisotopic (exact) mass is 437 g/mol. The third-order valence-electron chi connectivity index (χ3n) is 3.36. The predicted octanol–water partition coefficient (Wildman–Crippen LogP) is 4.07. The molecule has 23 heavy (non-hydrogen) atoms. The Morgan fingerprint density at radius 1 is 1.09 bits per heavy atom. The van der Waals surface area contributed by atoms with E-state index in [4.69, 9.17) is 0 Å². The molecule has 0 amide bonds. The zero-order valence-electron chi connectivity index (χ0n) is 12.4. The van der Waals surface area contributed by atoms with Gasteiger partial charge in [-0.25, -0.2) is 4.98 Å².